The van der Waals surface area contributed by atoms with Gasteiger partial charge in [-0.15, -0.1) is 24.0 Å². The molecule has 1 unspecified atom stereocenters. The highest BCUT2D eigenvalue weighted by Gasteiger charge is 2.08. The minimum Gasteiger partial charge on any atom is -0.357 e. The lowest BCUT2D eigenvalue weighted by Crippen LogP contribution is -2.39. The van der Waals surface area contributed by atoms with Crippen molar-refractivity contribution in [1.82, 2.24) is 15.5 Å². The van der Waals surface area contributed by atoms with Crippen LogP contribution in [-0.4, -0.2) is 60.1 Å². The van der Waals surface area contributed by atoms with Crippen molar-refractivity contribution in [2.24, 2.45) is 4.99 Å². The molecule has 0 saturated carbocycles. The van der Waals surface area contributed by atoms with Crippen molar-refractivity contribution >= 4 is 40.7 Å². The topological polar surface area (TPSA) is 56.7 Å². The lowest BCUT2D eigenvalue weighted by atomic mass is 10.2. The number of halogens is 1. The van der Waals surface area contributed by atoms with Gasteiger partial charge in [-0.3, -0.25) is 9.20 Å². The van der Waals surface area contributed by atoms with Crippen molar-refractivity contribution in [1.29, 1.82) is 0 Å². The summed E-state index contributed by atoms with van der Waals surface area (Å²) < 4.78 is 12.2. The lowest BCUT2D eigenvalue weighted by molar-refractivity contribution is 0.283. The molecule has 2 N–H and O–H groups in total. The second-order valence-corrected chi connectivity index (χ2v) is 8.65. The van der Waals surface area contributed by atoms with Gasteiger partial charge in [0.1, 0.15) is 0 Å². The van der Waals surface area contributed by atoms with E-state index in [0.717, 1.165) is 37.6 Å². The maximum Gasteiger partial charge on any atom is 0.191 e. The van der Waals surface area contributed by atoms with E-state index in [1.807, 2.05) is 30.3 Å². The minimum atomic E-state index is -0.856. The third-order valence-electron chi connectivity index (χ3n) is 4.74. The molecule has 0 spiro atoms. The zero-order valence-electron chi connectivity index (χ0n) is 17.2. The first-order chi connectivity index (χ1) is 13.3. The Labute approximate surface area is 190 Å². The SMILES string of the molecule is CCNC(=NCCCN1CCCCCC1)NCCS(=O)Cc1ccccc1.I. The van der Waals surface area contributed by atoms with Gasteiger partial charge in [0.25, 0.3) is 0 Å². The van der Waals surface area contributed by atoms with Gasteiger partial charge in [-0.1, -0.05) is 43.2 Å². The smallest absolute Gasteiger partial charge is 0.191 e. The van der Waals surface area contributed by atoms with E-state index in [4.69, 9.17) is 0 Å². The average molecular weight is 521 g/mol. The molecule has 5 nitrogen and oxygen atoms in total. The fraction of sp³-hybridized carbons (Fsp3) is 0.667. The fourth-order valence-corrected chi connectivity index (χ4v) is 4.34. The van der Waals surface area contributed by atoms with Gasteiger partial charge >= 0.3 is 0 Å². The molecule has 1 fully saturated rings. The molecule has 0 aliphatic carbocycles. The highest BCUT2D eigenvalue weighted by atomic mass is 127. The van der Waals surface area contributed by atoms with Crippen molar-refractivity contribution in [2.45, 2.75) is 44.8 Å². The standard InChI is InChI=1S/C21H36N4OS.HI/c1-2-22-21(23-13-10-17-25-15-8-3-4-9-16-25)24-14-18-27(26)19-20-11-6-5-7-12-20;/h5-7,11-12H,2-4,8-10,13-19H2,1H3,(H2,22,23,24);1H. The number of guanidine groups is 1. The van der Waals surface area contributed by atoms with Crippen LogP contribution in [0.4, 0.5) is 0 Å². The molecule has 1 saturated heterocycles. The molecule has 1 aliphatic rings. The van der Waals surface area contributed by atoms with E-state index in [1.54, 1.807) is 0 Å². The number of rotatable bonds is 10. The molecule has 0 amide bonds. The van der Waals surface area contributed by atoms with Crippen LogP contribution in [0.15, 0.2) is 35.3 Å². The molecule has 2 rings (SSSR count). The van der Waals surface area contributed by atoms with Gasteiger partial charge in [-0.25, -0.2) is 0 Å². The van der Waals surface area contributed by atoms with E-state index in [2.05, 4.69) is 27.4 Å². The first kappa shape index (κ1) is 25.4. The Morgan fingerprint density at radius 1 is 1.11 bits per heavy atom. The molecule has 160 valence electrons. The van der Waals surface area contributed by atoms with Gasteiger partial charge in [0.05, 0.1) is 0 Å². The number of aliphatic imine (C=N–C) groups is 1. The number of hydrogen-bond donors (Lipinski definition) is 2. The van der Waals surface area contributed by atoms with E-state index >= 15 is 0 Å². The normalized spacial score (nSPS) is 16.7. The molecule has 0 radical (unpaired) electrons. The second kappa shape index (κ2) is 16.2. The molecule has 28 heavy (non-hydrogen) atoms. The molecule has 1 atom stereocenters. The zero-order valence-corrected chi connectivity index (χ0v) is 20.3. The summed E-state index contributed by atoms with van der Waals surface area (Å²) in [6.45, 7) is 8.05. The number of likely N-dealkylation sites (tertiary alicyclic amines) is 1. The zero-order chi connectivity index (χ0) is 19.2. The maximum atomic E-state index is 12.2. The van der Waals surface area contributed by atoms with Gasteiger partial charge in [-0.2, -0.15) is 0 Å². The monoisotopic (exact) mass is 520 g/mol. The number of benzene rings is 1. The van der Waals surface area contributed by atoms with Crippen LogP contribution in [0, 0.1) is 0 Å². The van der Waals surface area contributed by atoms with Crippen LogP contribution in [0.25, 0.3) is 0 Å². The van der Waals surface area contributed by atoms with Gasteiger partial charge in [-0.05, 0) is 51.4 Å². The van der Waals surface area contributed by atoms with E-state index in [-0.39, 0.29) is 24.0 Å². The van der Waals surface area contributed by atoms with Crippen LogP contribution >= 0.6 is 24.0 Å². The van der Waals surface area contributed by atoms with Crippen LogP contribution in [-0.2, 0) is 16.6 Å². The molecule has 1 aliphatic heterocycles. The van der Waals surface area contributed by atoms with Gasteiger partial charge in [0, 0.05) is 41.9 Å². The largest absolute Gasteiger partial charge is 0.357 e. The first-order valence-electron chi connectivity index (χ1n) is 10.4. The van der Waals surface area contributed by atoms with Crippen LogP contribution in [0.2, 0.25) is 0 Å². The molecular formula is C21H37IN4OS. The summed E-state index contributed by atoms with van der Waals surface area (Å²) in [5, 5.41) is 6.60. The second-order valence-electron chi connectivity index (χ2n) is 7.07. The Hall–Kier alpha value is -0.670. The van der Waals surface area contributed by atoms with Crippen molar-refractivity contribution in [3.63, 3.8) is 0 Å². The van der Waals surface area contributed by atoms with Crippen LogP contribution in [0.1, 0.15) is 44.6 Å². The van der Waals surface area contributed by atoms with E-state index in [9.17, 15) is 4.21 Å². The quantitative estimate of drug-likeness (QED) is 0.215. The summed E-state index contributed by atoms with van der Waals surface area (Å²) in [7, 11) is -0.856. The third-order valence-corrected chi connectivity index (χ3v) is 6.05. The third kappa shape index (κ3) is 11.4. The summed E-state index contributed by atoms with van der Waals surface area (Å²) in [6, 6.07) is 10.0. The van der Waals surface area contributed by atoms with Crippen LogP contribution in [0.3, 0.4) is 0 Å². The maximum absolute atomic E-state index is 12.2. The Kier molecular flexibility index (Phi) is 14.6. The van der Waals surface area contributed by atoms with Crippen LogP contribution < -0.4 is 10.6 Å². The summed E-state index contributed by atoms with van der Waals surface area (Å²) >= 11 is 0. The average Bonchev–Trinajstić information content (AvgIpc) is 2.95. The molecule has 1 aromatic rings. The fourth-order valence-electron chi connectivity index (χ4n) is 3.30. The lowest BCUT2D eigenvalue weighted by Gasteiger charge is -2.19. The number of nitrogens with one attached hydrogen (secondary N) is 2. The highest BCUT2D eigenvalue weighted by molar-refractivity contribution is 14.0. The van der Waals surface area contributed by atoms with Gasteiger partial charge in [0.2, 0.25) is 0 Å². The predicted octanol–water partition coefficient (Wildman–Crippen LogP) is 3.37. The molecule has 1 heterocycles. The highest BCUT2D eigenvalue weighted by Crippen LogP contribution is 2.09. The first-order valence-corrected chi connectivity index (χ1v) is 11.9. The number of hydrogen-bond acceptors (Lipinski definition) is 3. The molecule has 0 aromatic heterocycles. The van der Waals surface area contributed by atoms with Gasteiger partial charge in [0.15, 0.2) is 5.96 Å². The Morgan fingerprint density at radius 3 is 2.50 bits per heavy atom. The summed E-state index contributed by atoms with van der Waals surface area (Å²) in [6.07, 6.45) is 6.54. The molecule has 0 bridgehead atoms. The van der Waals surface area contributed by atoms with E-state index < -0.39 is 10.8 Å². The Morgan fingerprint density at radius 2 is 1.82 bits per heavy atom. The minimum absolute atomic E-state index is 0. The summed E-state index contributed by atoms with van der Waals surface area (Å²) in [5.74, 6) is 2.09. The van der Waals surface area contributed by atoms with Gasteiger partial charge < -0.3 is 15.5 Å². The van der Waals surface area contributed by atoms with E-state index in [1.165, 1.54) is 38.8 Å². The summed E-state index contributed by atoms with van der Waals surface area (Å²) in [5.41, 5.74) is 1.13. The molecule has 7 heteroatoms. The number of nitrogens with zero attached hydrogens (tertiary/aromatic N) is 2. The van der Waals surface area contributed by atoms with Crippen molar-refractivity contribution in [2.75, 3.05) is 45.0 Å². The van der Waals surface area contributed by atoms with Crippen molar-refractivity contribution < 1.29 is 4.21 Å². The molecule has 1 aromatic carbocycles. The van der Waals surface area contributed by atoms with Crippen LogP contribution in [0.5, 0.6) is 0 Å². The Bertz CT molecular complexity index is 563. The molecular weight excluding hydrogens is 483 g/mol. The van der Waals surface area contributed by atoms with Crippen molar-refractivity contribution in [3.05, 3.63) is 35.9 Å². The predicted molar refractivity (Wildman–Crippen MR) is 132 cm³/mol. The van der Waals surface area contributed by atoms with Crippen molar-refractivity contribution in [3.8, 4) is 0 Å². The Balaban J connectivity index is 0.00000392. The van der Waals surface area contributed by atoms with E-state index in [0.29, 0.717) is 18.1 Å². The summed E-state index contributed by atoms with van der Waals surface area (Å²) in [4.78, 5) is 7.25.